The maximum atomic E-state index is 14.6. The van der Waals surface area contributed by atoms with Crippen LogP contribution in [0.2, 0.25) is 0 Å². The van der Waals surface area contributed by atoms with Crippen LogP contribution >= 0.6 is 0 Å². The van der Waals surface area contributed by atoms with Crippen LogP contribution in [0.3, 0.4) is 0 Å². The van der Waals surface area contributed by atoms with Gasteiger partial charge in [-0.3, -0.25) is 4.74 Å². The minimum atomic E-state index is -4.78. The molecule has 1 aliphatic heterocycles. The number of anilines is 1. The van der Waals surface area contributed by atoms with Gasteiger partial charge in [-0.25, -0.2) is 19.2 Å². The number of rotatable bonds is 4. The molecule has 1 saturated heterocycles. The fraction of sp³-hybridized carbons (Fsp3) is 0.364. The molecule has 2 N–H and O–H groups in total. The number of carbonyl (C=O) groups is 1. The van der Waals surface area contributed by atoms with Crippen molar-refractivity contribution in [2.75, 3.05) is 25.5 Å². The topological polar surface area (TPSA) is 91.2 Å². The molecule has 8 nitrogen and oxygen atoms in total. The third-order valence-electron chi connectivity index (χ3n) is 5.23. The number of halogens is 4. The number of guanidine groups is 1. The number of nitrogens with one attached hydrogen (secondary N) is 2. The molecule has 1 aromatic heterocycles. The van der Waals surface area contributed by atoms with Crippen LogP contribution in [0.4, 0.5) is 33.9 Å². The lowest BCUT2D eigenvalue weighted by atomic mass is 10.00. The highest BCUT2D eigenvalue weighted by Crippen LogP contribution is 2.31. The maximum Gasteiger partial charge on any atom is 0.522 e. The molecule has 0 spiro atoms. The monoisotopic (exact) mass is 480 g/mol. The van der Waals surface area contributed by atoms with Crippen LogP contribution in [0.1, 0.15) is 17.5 Å². The van der Waals surface area contributed by atoms with Gasteiger partial charge < -0.3 is 15.5 Å². The van der Waals surface area contributed by atoms with Gasteiger partial charge in [-0.15, -0.1) is 13.2 Å². The average Bonchev–Trinajstić information content (AvgIpc) is 3.21. The largest absolute Gasteiger partial charge is 0.522 e. The summed E-state index contributed by atoms with van der Waals surface area (Å²) in [6.07, 6.45) is -4.34. The summed E-state index contributed by atoms with van der Waals surface area (Å²) in [6.45, 7) is 6.76. The predicted molar refractivity (Wildman–Crippen MR) is 121 cm³/mol. The Bertz CT molecular complexity index is 1120. The summed E-state index contributed by atoms with van der Waals surface area (Å²) in [7, 11) is 1.65. The lowest BCUT2D eigenvalue weighted by Gasteiger charge is -2.19. The fourth-order valence-corrected chi connectivity index (χ4v) is 3.57. The van der Waals surface area contributed by atoms with Crippen molar-refractivity contribution in [2.45, 2.75) is 32.7 Å². The van der Waals surface area contributed by atoms with Crippen LogP contribution in [0.5, 0.6) is 0 Å². The van der Waals surface area contributed by atoms with Gasteiger partial charge in [0.25, 0.3) is 0 Å². The number of hydrogen-bond acceptors (Lipinski definition) is 4. The summed E-state index contributed by atoms with van der Waals surface area (Å²) in [4.78, 5) is 26.0. The van der Waals surface area contributed by atoms with E-state index in [1.807, 2.05) is 6.07 Å². The van der Waals surface area contributed by atoms with E-state index in [1.165, 1.54) is 12.1 Å². The standard InChI is InChI=1S/C22H24F4N6O2/c1-12-8-17(23)18(30-21(33)32-6-5-15(11-32)34-22(24,25)26)9-16(12)14-7-13(2)19(29-10-14)31-20(27-3)28-4/h7-10,15H,3,5-6,11H2,1-2,4H3,(H,30,33)(H,28,29,31)/t15-/m1/s1. The number of aromatic nitrogens is 1. The zero-order chi connectivity index (χ0) is 25.0. The second-order valence-corrected chi connectivity index (χ2v) is 7.71. The molecule has 3 rings (SSSR count). The van der Waals surface area contributed by atoms with Crippen LogP contribution < -0.4 is 10.6 Å². The van der Waals surface area contributed by atoms with Crippen LogP contribution in [0.15, 0.2) is 34.4 Å². The molecule has 0 unspecified atom stereocenters. The molecule has 0 radical (unpaired) electrons. The number of alkyl halides is 3. The third kappa shape index (κ3) is 6.07. The Morgan fingerprint density at radius 3 is 2.62 bits per heavy atom. The molecule has 0 bridgehead atoms. The highest BCUT2D eigenvalue weighted by atomic mass is 19.4. The molecule has 2 heterocycles. The van der Waals surface area contributed by atoms with Crippen LogP contribution in [-0.4, -0.2) is 61.2 Å². The molecule has 182 valence electrons. The van der Waals surface area contributed by atoms with E-state index in [9.17, 15) is 22.4 Å². The Morgan fingerprint density at radius 1 is 1.26 bits per heavy atom. The molecule has 1 fully saturated rings. The van der Waals surface area contributed by atoms with Gasteiger partial charge in [0.05, 0.1) is 11.8 Å². The van der Waals surface area contributed by atoms with Gasteiger partial charge in [0.2, 0.25) is 5.96 Å². The summed E-state index contributed by atoms with van der Waals surface area (Å²) in [5.41, 5.74) is 2.53. The zero-order valence-electron chi connectivity index (χ0n) is 18.8. The van der Waals surface area contributed by atoms with E-state index in [0.29, 0.717) is 28.5 Å². The van der Waals surface area contributed by atoms with Gasteiger partial charge in [0.15, 0.2) is 5.82 Å². The molecule has 34 heavy (non-hydrogen) atoms. The molecule has 2 amide bonds. The zero-order valence-corrected chi connectivity index (χ0v) is 18.8. The van der Waals surface area contributed by atoms with Gasteiger partial charge >= 0.3 is 12.4 Å². The minimum Gasteiger partial charge on any atom is -0.357 e. The van der Waals surface area contributed by atoms with E-state index in [-0.39, 0.29) is 25.2 Å². The quantitative estimate of drug-likeness (QED) is 0.382. The number of aryl methyl sites for hydroxylation is 2. The smallest absolute Gasteiger partial charge is 0.357 e. The second kappa shape index (κ2) is 10.2. The molecule has 1 atom stereocenters. The lowest BCUT2D eigenvalue weighted by molar-refractivity contribution is -0.340. The van der Waals surface area contributed by atoms with Crippen molar-refractivity contribution in [1.82, 2.24) is 15.2 Å². The van der Waals surface area contributed by atoms with Crippen molar-refractivity contribution in [3.05, 3.63) is 41.3 Å². The number of hydrogen-bond donors (Lipinski definition) is 2. The van der Waals surface area contributed by atoms with E-state index in [4.69, 9.17) is 0 Å². The van der Waals surface area contributed by atoms with Crippen molar-refractivity contribution >= 4 is 30.2 Å². The number of amides is 2. The van der Waals surface area contributed by atoms with Gasteiger partial charge in [0, 0.05) is 31.9 Å². The van der Waals surface area contributed by atoms with Crippen molar-refractivity contribution in [3.63, 3.8) is 0 Å². The summed E-state index contributed by atoms with van der Waals surface area (Å²) in [5, 5.41) is 5.23. The molecular weight excluding hydrogens is 456 g/mol. The predicted octanol–water partition coefficient (Wildman–Crippen LogP) is 4.55. The Kier molecular flexibility index (Phi) is 7.50. The number of aliphatic imine (C=N–C) groups is 2. The summed E-state index contributed by atoms with van der Waals surface area (Å²) in [5.74, 6) is 0.0630. The van der Waals surface area contributed by atoms with Gasteiger partial charge in [0.1, 0.15) is 5.82 Å². The fourth-order valence-electron chi connectivity index (χ4n) is 3.57. The summed E-state index contributed by atoms with van der Waals surface area (Å²) >= 11 is 0. The Balaban J connectivity index is 1.81. The first-order chi connectivity index (χ1) is 16.0. The van der Waals surface area contributed by atoms with Gasteiger partial charge in [-0.05, 0) is 61.9 Å². The van der Waals surface area contributed by atoms with Crippen molar-refractivity contribution in [3.8, 4) is 11.1 Å². The summed E-state index contributed by atoms with van der Waals surface area (Å²) < 4.78 is 55.8. The Hall–Kier alpha value is -3.54. The third-order valence-corrected chi connectivity index (χ3v) is 5.23. The number of carbonyl (C=O) groups excluding carboxylic acids is 1. The van der Waals surface area contributed by atoms with E-state index in [2.05, 4.69) is 37.1 Å². The Labute approximate surface area is 193 Å². The summed E-state index contributed by atoms with van der Waals surface area (Å²) in [6, 6.07) is 3.84. The van der Waals surface area contributed by atoms with Crippen LogP contribution in [0, 0.1) is 19.7 Å². The van der Waals surface area contributed by atoms with Crippen LogP contribution in [0.25, 0.3) is 11.1 Å². The minimum absolute atomic E-state index is 0.0327. The maximum absolute atomic E-state index is 14.6. The molecular formula is C22H24F4N6O2. The molecule has 0 saturated carbocycles. The van der Waals surface area contributed by atoms with Crippen molar-refractivity contribution in [2.24, 2.45) is 9.98 Å². The molecule has 12 heteroatoms. The van der Waals surface area contributed by atoms with E-state index >= 15 is 0 Å². The first-order valence-corrected chi connectivity index (χ1v) is 10.3. The number of urea groups is 1. The first kappa shape index (κ1) is 25.1. The number of likely N-dealkylation sites (tertiary alicyclic amines) is 1. The van der Waals surface area contributed by atoms with Gasteiger partial charge in [-0.2, -0.15) is 4.99 Å². The Morgan fingerprint density at radius 2 is 2.00 bits per heavy atom. The van der Waals surface area contributed by atoms with Gasteiger partial charge in [-0.1, -0.05) is 0 Å². The first-order valence-electron chi connectivity index (χ1n) is 10.3. The number of ether oxygens (including phenoxy) is 1. The van der Waals surface area contributed by atoms with Crippen molar-refractivity contribution < 1.29 is 27.1 Å². The molecule has 0 aliphatic carbocycles. The van der Waals surface area contributed by atoms with E-state index in [0.717, 1.165) is 10.5 Å². The molecule has 2 aromatic rings. The SMILES string of the molecule is C=N/C(=N\c1ncc(-c2cc(NC(=O)N3CC[C@@H](OC(F)(F)F)C3)c(F)cc2C)cc1C)NC. The van der Waals surface area contributed by atoms with E-state index in [1.54, 1.807) is 27.1 Å². The van der Waals surface area contributed by atoms with Crippen molar-refractivity contribution in [1.29, 1.82) is 0 Å². The lowest BCUT2D eigenvalue weighted by Crippen LogP contribution is -2.35. The molecule has 1 aliphatic rings. The van der Waals surface area contributed by atoms with Crippen LogP contribution in [-0.2, 0) is 4.74 Å². The second-order valence-electron chi connectivity index (χ2n) is 7.71. The number of benzene rings is 1. The molecule has 1 aromatic carbocycles. The number of nitrogens with zero attached hydrogens (tertiary/aromatic N) is 4. The number of pyridine rings is 1. The normalized spacial score (nSPS) is 16.5. The average molecular weight is 480 g/mol. The van der Waals surface area contributed by atoms with E-state index < -0.39 is 24.3 Å². The highest BCUT2D eigenvalue weighted by molar-refractivity contribution is 5.91. The highest BCUT2D eigenvalue weighted by Gasteiger charge is 2.37.